The Morgan fingerprint density at radius 2 is 1.48 bits per heavy atom. The van der Waals surface area contributed by atoms with Crippen molar-refractivity contribution >= 4 is 34.6 Å². The van der Waals surface area contributed by atoms with Crippen molar-refractivity contribution in [2.24, 2.45) is 7.05 Å². The van der Waals surface area contributed by atoms with E-state index >= 15 is 0 Å². The van der Waals surface area contributed by atoms with E-state index in [4.69, 9.17) is 16.3 Å². The Hall–Kier alpha value is -5.37. The minimum atomic E-state index is -4.93. The van der Waals surface area contributed by atoms with Gasteiger partial charge in [-0.25, -0.2) is 4.79 Å². The van der Waals surface area contributed by atoms with Crippen LogP contribution in [0.3, 0.4) is 0 Å². The molecule has 1 aliphatic heterocycles. The van der Waals surface area contributed by atoms with Crippen molar-refractivity contribution in [3.8, 4) is 17.5 Å². The van der Waals surface area contributed by atoms with Crippen LogP contribution in [-0.4, -0.2) is 48.3 Å². The van der Waals surface area contributed by atoms with Gasteiger partial charge in [-0.3, -0.25) is 33.0 Å². The Bertz CT molecular complexity index is 2090. The Labute approximate surface area is 262 Å². The smallest absolute Gasteiger partial charge is 0.425 e. The maximum atomic E-state index is 13.9. The quantitative estimate of drug-likeness (QED) is 0.206. The average molecular weight is 654 g/mol. The number of aromatic nitrogens is 4. The highest BCUT2D eigenvalue weighted by molar-refractivity contribution is 6.30. The third kappa shape index (κ3) is 5.86. The van der Waals surface area contributed by atoms with Gasteiger partial charge >= 0.3 is 18.1 Å². The molecule has 6 rings (SSSR count). The lowest BCUT2D eigenvalue weighted by atomic mass is 10.1. The molecule has 0 saturated heterocycles. The molecule has 2 amide bonds. The zero-order valence-electron chi connectivity index (χ0n) is 24.0. The summed E-state index contributed by atoms with van der Waals surface area (Å²) in [5.74, 6) is -1.51. The molecule has 3 heterocycles. The molecule has 0 fully saturated rings. The summed E-state index contributed by atoms with van der Waals surface area (Å²) in [6.45, 7) is -0.146. The molecule has 0 saturated carbocycles. The van der Waals surface area contributed by atoms with Crippen molar-refractivity contribution in [2.75, 3.05) is 6.54 Å². The number of ether oxygens (including phenoxy) is 2. The number of hydrogen-bond donors (Lipinski definition) is 0. The summed E-state index contributed by atoms with van der Waals surface area (Å²) >= 11 is 6.04. The number of hydrogen-bond acceptors (Lipinski definition) is 7. The van der Waals surface area contributed by atoms with E-state index in [0.717, 1.165) is 26.2 Å². The minimum absolute atomic E-state index is 0.0181. The van der Waals surface area contributed by atoms with Gasteiger partial charge < -0.3 is 9.47 Å². The van der Waals surface area contributed by atoms with Crippen LogP contribution in [0.5, 0.6) is 17.5 Å². The van der Waals surface area contributed by atoms with Gasteiger partial charge in [-0.1, -0.05) is 41.9 Å². The molecule has 3 aromatic carbocycles. The summed E-state index contributed by atoms with van der Waals surface area (Å²) in [6.07, 6.45) is -4.82. The second kappa shape index (κ2) is 11.9. The number of nitrogens with zero attached hydrogens (tertiary/aromatic N) is 5. The molecule has 0 atom stereocenters. The van der Waals surface area contributed by atoms with E-state index in [-0.39, 0.29) is 60.1 Å². The number of alkyl halides is 3. The maximum absolute atomic E-state index is 13.9. The molecule has 0 aliphatic carbocycles. The molecule has 0 N–H and O–H groups in total. The van der Waals surface area contributed by atoms with Gasteiger partial charge in [-0.2, -0.15) is 4.98 Å². The lowest BCUT2D eigenvalue weighted by molar-refractivity contribution is -0.274. The van der Waals surface area contributed by atoms with Crippen LogP contribution >= 0.6 is 11.6 Å². The first kappa shape index (κ1) is 30.6. The number of carbonyl (C=O) groups excluding carboxylic acids is 2. The van der Waals surface area contributed by atoms with Gasteiger partial charge in [0, 0.05) is 31.2 Å². The number of imidazole rings is 1. The number of carbonyl (C=O) groups is 2. The monoisotopic (exact) mass is 653 g/mol. The molecule has 46 heavy (non-hydrogen) atoms. The van der Waals surface area contributed by atoms with E-state index in [1.54, 1.807) is 48.5 Å². The number of benzene rings is 3. The van der Waals surface area contributed by atoms with Crippen LogP contribution in [0.1, 0.15) is 32.7 Å². The first-order chi connectivity index (χ1) is 21.9. The van der Waals surface area contributed by atoms with E-state index in [0.29, 0.717) is 10.6 Å². The third-order valence-corrected chi connectivity index (χ3v) is 7.59. The average Bonchev–Trinajstić information content (AvgIpc) is 3.48. The summed E-state index contributed by atoms with van der Waals surface area (Å²) in [5.41, 5.74) is -0.219. The van der Waals surface area contributed by atoms with E-state index in [2.05, 4.69) is 9.72 Å². The fourth-order valence-electron chi connectivity index (χ4n) is 5.22. The topological polar surface area (TPSA) is 118 Å². The zero-order chi connectivity index (χ0) is 32.7. The molecule has 0 spiro atoms. The van der Waals surface area contributed by atoms with Crippen molar-refractivity contribution in [1.29, 1.82) is 0 Å². The number of aryl methyl sites for hydroxylation is 1. The van der Waals surface area contributed by atoms with Crippen LogP contribution in [0, 0.1) is 0 Å². The summed E-state index contributed by atoms with van der Waals surface area (Å²) in [4.78, 5) is 58.2. The van der Waals surface area contributed by atoms with Gasteiger partial charge in [0.2, 0.25) is 0 Å². The standard InChI is InChI=1S/C31H23ClF3N5O6/c1-37-25-24(28(43)39(30(37)44)15-5-14-38-26(41)22-8-2-3-9-23(22)27(38)42)40(17-18-10-12-19(32)13-11-18)29(36-25)45-20-6-4-7-21(16-20)46-31(33,34)35/h2-4,6-13,16H,5,14-15,17H2,1H3. The van der Waals surface area contributed by atoms with E-state index in [9.17, 15) is 32.3 Å². The molecule has 11 nitrogen and oxygen atoms in total. The Balaban J connectivity index is 1.36. The molecule has 0 bridgehead atoms. The van der Waals surface area contributed by atoms with Crippen molar-refractivity contribution in [1.82, 2.24) is 23.6 Å². The fraction of sp³-hybridized carbons (Fsp3) is 0.194. The van der Waals surface area contributed by atoms with Crippen LogP contribution in [0.4, 0.5) is 13.2 Å². The molecule has 236 valence electrons. The molecule has 15 heteroatoms. The summed E-state index contributed by atoms with van der Waals surface area (Å²) in [7, 11) is 1.41. The Kier molecular flexibility index (Phi) is 7.90. The second-order valence-corrected chi connectivity index (χ2v) is 10.8. The van der Waals surface area contributed by atoms with Gasteiger partial charge in [0.05, 0.1) is 17.7 Å². The molecule has 1 aliphatic rings. The predicted octanol–water partition coefficient (Wildman–Crippen LogP) is 4.98. The van der Waals surface area contributed by atoms with Gasteiger partial charge in [-0.05, 0) is 48.4 Å². The van der Waals surface area contributed by atoms with Crippen molar-refractivity contribution < 1.29 is 32.2 Å². The van der Waals surface area contributed by atoms with E-state index in [1.165, 1.54) is 23.7 Å². The first-order valence-corrected chi connectivity index (χ1v) is 14.2. The molecule has 0 radical (unpaired) electrons. The summed E-state index contributed by atoms with van der Waals surface area (Å²) in [5, 5.41) is 0.472. The van der Waals surface area contributed by atoms with Crippen LogP contribution in [0.2, 0.25) is 5.02 Å². The second-order valence-electron chi connectivity index (χ2n) is 10.4. The molecular weight excluding hydrogens is 631 g/mol. The molecule has 5 aromatic rings. The van der Waals surface area contributed by atoms with Crippen molar-refractivity contribution in [3.05, 3.63) is 115 Å². The lowest BCUT2D eigenvalue weighted by Gasteiger charge is -2.15. The van der Waals surface area contributed by atoms with Crippen LogP contribution < -0.4 is 20.7 Å². The maximum Gasteiger partial charge on any atom is 0.573 e. The summed E-state index contributed by atoms with van der Waals surface area (Å²) < 4.78 is 51.8. The Morgan fingerprint density at radius 1 is 0.826 bits per heavy atom. The lowest BCUT2D eigenvalue weighted by Crippen LogP contribution is -2.40. The summed E-state index contributed by atoms with van der Waals surface area (Å²) in [6, 6.07) is 17.7. The SMILES string of the molecule is Cn1c(=O)n(CCCN2C(=O)c3ccccc3C2=O)c(=O)c2c1nc(Oc1cccc(OC(F)(F)F)c1)n2Cc1ccc(Cl)cc1. The van der Waals surface area contributed by atoms with Gasteiger partial charge in [-0.15, -0.1) is 13.2 Å². The number of fused-ring (bicyclic) bond motifs is 2. The fourth-order valence-corrected chi connectivity index (χ4v) is 5.34. The minimum Gasteiger partial charge on any atom is -0.425 e. The molecular formula is C31H23ClF3N5O6. The largest absolute Gasteiger partial charge is 0.573 e. The van der Waals surface area contributed by atoms with Crippen LogP contribution in [0.25, 0.3) is 11.2 Å². The highest BCUT2D eigenvalue weighted by atomic mass is 35.5. The zero-order valence-corrected chi connectivity index (χ0v) is 24.7. The number of imide groups is 1. The Morgan fingerprint density at radius 3 is 2.13 bits per heavy atom. The number of rotatable bonds is 9. The van der Waals surface area contributed by atoms with Gasteiger partial charge in [0.25, 0.3) is 17.4 Å². The van der Waals surface area contributed by atoms with E-state index < -0.39 is 35.2 Å². The van der Waals surface area contributed by atoms with Crippen molar-refractivity contribution in [2.45, 2.75) is 25.9 Å². The van der Waals surface area contributed by atoms with Gasteiger partial charge in [0.1, 0.15) is 11.5 Å². The van der Waals surface area contributed by atoms with Crippen LogP contribution in [-0.2, 0) is 20.1 Å². The van der Waals surface area contributed by atoms with Gasteiger partial charge in [0.15, 0.2) is 11.2 Å². The first-order valence-electron chi connectivity index (χ1n) is 13.8. The normalized spacial score (nSPS) is 13.0. The van der Waals surface area contributed by atoms with E-state index in [1.807, 2.05) is 0 Å². The van der Waals surface area contributed by atoms with Crippen LogP contribution in [0.15, 0.2) is 82.4 Å². The predicted molar refractivity (Wildman–Crippen MR) is 159 cm³/mol. The highest BCUT2D eigenvalue weighted by Crippen LogP contribution is 2.30. The van der Waals surface area contributed by atoms with Crippen molar-refractivity contribution in [3.63, 3.8) is 0 Å². The number of amides is 2. The number of halogens is 4. The molecule has 2 aromatic heterocycles. The third-order valence-electron chi connectivity index (χ3n) is 7.34. The molecule has 0 unspecified atom stereocenters. The highest BCUT2D eigenvalue weighted by Gasteiger charge is 2.35.